The summed E-state index contributed by atoms with van der Waals surface area (Å²) in [6, 6.07) is 0.892. The Morgan fingerprint density at radius 2 is 1.93 bits per heavy atom. The van der Waals surface area contributed by atoms with Gasteiger partial charge in [-0.15, -0.1) is 0 Å². The van der Waals surface area contributed by atoms with E-state index in [2.05, 4.69) is 12.2 Å². The molecule has 0 radical (unpaired) electrons. The van der Waals surface area contributed by atoms with Crippen molar-refractivity contribution in [1.82, 2.24) is 5.32 Å². The predicted molar refractivity (Wildman–Crippen MR) is 61.4 cm³/mol. The maximum atomic E-state index is 3.70. The monoisotopic (exact) mass is 195 g/mol. The molecule has 0 aliphatic heterocycles. The minimum absolute atomic E-state index is 0.892. The van der Waals surface area contributed by atoms with E-state index in [1.807, 2.05) is 0 Å². The fraction of sp³-hybridized carbons (Fsp3) is 1.00. The van der Waals surface area contributed by atoms with Crippen LogP contribution >= 0.6 is 0 Å². The van der Waals surface area contributed by atoms with Gasteiger partial charge in [0.05, 0.1) is 0 Å². The minimum Gasteiger partial charge on any atom is -0.314 e. The van der Waals surface area contributed by atoms with Crippen LogP contribution in [-0.4, -0.2) is 12.6 Å². The quantitative estimate of drug-likeness (QED) is 0.709. The molecular weight excluding hydrogens is 170 g/mol. The van der Waals surface area contributed by atoms with Gasteiger partial charge in [0.15, 0.2) is 0 Å². The lowest BCUT2D eigenvalue weighted by atomic mass is 9.87. The van der Waals surface area contributed by atoms with Crippen molar-refractivity contribution in [2.45, 2.75) is 64.3 Å². The van der Waals surface area contributed by atoms with E-state index in [-0.39, 0.29) is 0 Å². The maximum Gasteiger partial charge on any atom is 0.00990 e. The Kier molecular flexibility index (Phi) is 3.86. The Labute approximate surface area is 88.7 Å². The summed E-state index contributed by atoms with van der Waals surface area (Å²) in [7, 11) is 0. The van der Waals surface area contributed by atoms with E-state index in [1.54, 1.807) is 0 Å². The molecule has 2 unspecified atom stereocenters. The number of hydrogen-bond acceptors (Lipinski definition) is 1. The molecule has 1 N–H and O–H groups in total. The Morgan fingerprint density at radius 1 is 1.14 bits per heavy atom. The Morgan fingerprint density at radius 3 is 2.57 bits per heavy atom. The van der Waals surface area contributed by atoms with Crippen LogP contribution in [0.1, 0.15) is 58.3 Å². The summed E-state index contributed by atoms with van der Waals surface area (Å²) in [6.07, 6.45) is 11.7. The average molecular weight is 195 g/mol. The van der Waals surface area contributed by atoms with Gasteiger partial charge >= 0.3 is 0 Å². The van der Waals surface area contributed by atoms with E-state index in [1.165, 1.54) is 57.9 Å². The molecule has 2 atom stereocenters. The Bertz CT molecular complexity index is 161. The van der Waals surface area contributed by atoms with Crippen LogP contribution in [0.25, 0.3) is 0 Å². The number of hydrogen-bond donors (Lipinski definition) is 1. The molecule has 2 aliphatic rings. The molecule has 0 heterocycles. The summed E-state index contributed by atoms with van der Waals surface area (Å²) in [5, 5.41) is 3.70. The second kappa shape index (κ2) is 5.16. The molecule has 2 saturated carbocycles. The highest BCUT2D eigenvalue weighted by atomic mass is 15.0. The average Bonchev–Trinajstić information content (AvgIpc) is 2.98. The van der Waals surface area contributed by atoms with E-state index < -0.39 is 0 Å². The van der Waals surface area contributed by atoms with E-state index >= 15 is 0 Å². The second-order valence-electron chi connectivity index (χ2n) is 5.26. The molecule has 0 bridgehead atoms. The zero-order valence-electron chi connectivity index (χ0n) is 9.60. The van der Waals surface area contributed by atoms with Crippen LogP contribution in [0.3, 0.4) is 0 Å². The number of rotatable bonds is 5. The van der Waals surface area contributed by atoms with Crippen LogP contribution < -0.4 is 5.32 Å². The van der Waals surface area contributed by atoms with Gasteiger partial charge in [-0.3, -0.25) is 0 Å². The van der Waals surface area contributed by atoms with Crippen LogP contribution in [0.2, 0.25) is 0 Å². The summed E-state index contributed by atoms with van der Waals surface area (Å²) in [6.45, 7) is 3.60. The van der Waals surface area contributed by atoms with Crippen LogP contribution in [0.5, 0.6) is 0 Å². The highest BCUT2D eigenvalue weighted by molar-refractivity contribution is 4.91. The van der Waals surface area contributed by atoms with Crippen molar-refractivity contribution in [3.05, 3.63) is 0 Å². The first kappa shape index (κ1) is 10.5. The maximum absolute atomic E-state index is 3.70. The molecule has 1 nitrogen and oxygen atoms in total. The van der Waals surface area contributed by atoms with Crippen molar-refractivity contribution >= 4 is 0 Å². The molecule has 2 rings (SSSR count). The highest BCUT2D eigenvalue weighted by Crippen LogP contribution is 2.33. The molecule has 14 heavy (non-hydrogen) atoms. The Balaban J connectivity index is 1.50. The van der Waals surface area contributed by atoms with Gasteiger partial charge in [0.1, 0.15) is 0 Å². The summed E-state index contributed by atoms with van der Waals surface area (Å²) in [5.74, 6) is 2.07. The molecule has 0 spiro atoms. The third-order valence-electron chi connectivity index (χ3n) is 4.13. The lowest BCUT2D eigenvalue weighted by Crippen LogP contribution is -2.22. The van der Waals surface area contributed by atoms with Crippen LogP contribution in [0.15, 0.2) is 0 Å². The first-order valence-electron chi connectivity index (χ1n) is 6.63. The van der Waals surface area contributed by atoms with Gasteiger partial charge in [0, 0.05) is 6.04 Å². The third-order valence-corrected chi connectivity index (χ3v) is 4.13. The largest absolute Gasteiger partial charge is 0.314 e. The van der Waals surface area contributed by atoms with Gasteiger partial charge in [-0.05, 0) is 31.2 Å². The van der Waals surface area contributed by atoms with E-state index in [9.17, 15) is 0 Å². The normalized spacial score (nSPS) is 33.2. The molecule has 82 valence electrons. The lowest BCUT2D eigenvalue weighted by molar-refractivity contribution is 0.333. The molecule has 0 saturated heterocycles. The standard InChI is InChI=1S/C13H25N/c1-2-12-10-13(12)14-9-8-11-6-4-3-5-7-11/h11-14H,2-10H2,1H3. The van der Waals surface area contributed by atoms with Crippen molar-refractivity contribution in [3.63, 3.8) is 0 Å². The summed E-state index contributed by atoms with van der Waals surface area (Å²) < 4.78 is 0. The van der Waals surface area contributed by atoms with Gasteiger partial charge in [-0.25, -0.2) is 0 Å². The van der Waals surface area contributed by atoms with Gasteiger partial charge in [0.2, 0.25) is 0 Å². The molecule has 0 aromatic rings. The zero-order valence-corrected chi connectivity index (χ0v) is 9.60. The van der Waals surface area contributed by atoms with Gasteiger partial charge in [-0.1, -0.05) is 45.4 Å². The Hall–Kier alpha value is -0.0400. The third kappa shape index (κ3) is 2.98. The first-order chi connectivity index (χ1) is 6.90. The summed E-state index contributed by atoms with van der Waals surface area (Å²) in [4.78, 5) is 0. The van der Waals surface area contributed by atoms with Crippen LogP contribution in [-0.2, 0) is 0 Å². The molecule has 0 aromatic carbocycles. The molecule has 2 aliphatic carbocycles. The fourth-order valence-corrected chi connectivity index (χ4v) is 2.90. The zero-order chi connectivity index (χ0) is 9.80. The molecule has 0 aromatic heterocycles. The predicted octanol–water partition coefficient (Wildman–Crippen LogP) is 3.34. The van der Waals surface area contributed by atoms with E-state index in [4.69, 9.17) is 0 Å². The van der Waals surface area contributed by atoms with Gasteiger partial charge in [0.25, 0.3) is 0 Å². The van der Waals surface area contributed by atoms with Crippen molar-refractivity contribution in [3.8, 4) is 0 Å². The smallest absolute Gasteiger partial charge is 0.00990 e. The second-order valence-corrected chi connectivity index (χ2v) is 5.26. The SMILES string of the molecule is CCC1CC1NCCC1CCCCC1. The van der Waals surface area contributed by atoms with Crippen LogP contribution in [0, 0.1) is 11.8 Å². The summed E-state index contributed by atoms with van der Waals surface area (Å²) in [5.41, 5.74) is 0. The molecular formula is C13H25N. The minimum atomic E-state index is 0.892. The molecule has 1 heteroatoms. The van der Waals surface area contributed by atoms with Crippen molar-refractivity contribution < 1.29 is 0 Å². The fourth-order valence-electron chi connectivity index (χ4n) is 2.90. The van der Waals surface area contributed by atoms with Crippen molar-refractivity contribution in [1.29, 1.82) is 0 Å². The highest BCUT2D eigenvalue weighted by Gasteiger charge is 2.34. The van der Waals surface area contributed by atoms with E-state index in [0.29, 0.717) is 0 Å². The van der Waals surface area contributed by atoms with Crippen molar-refractivity contribution in [2.24, 2.45) is 11.8 Å². The first-order valence-corrected chi connectivity index (χ1v) is 6.63. The topological polar surface area (TPSA) is 12.0 Å². The lowest BCUT2D eigenvalue weighted by Gasteiger charge is -2.21. The van der Waals surface area contributed by atoms with Crippen molar-refractivity contribution in [2.75, 3.05) is 6.54 Å². The molecule has 2 fully saturated rings. The number of nitrogens with one attached hydrogen (secondary N) is 1. The summed E-state index contributed by atoms with van der Waals surface area (Å²) >= 11 is 0. The van der Waals surface area contributed by atoms with Gasteiger partial charge in [-0.2, -0.15) is 0 Å². The van der Waals surface area contributed by atoms with E-state index in [0.717, 1.165) is 17.9 Å². The van der Waals surface area contributed by atoms with Gasteiger partial charge < -0.3 is 5.32 Å². The van der Waals surface area contributed by atoms with Crippen LogP contribution in [0.4, 0.5) is 0 Å². The molecule has 0 amide bonds.